The average molecular weight is 675 g/mol. The summed E-state index contributed by atoms with van der Waals surface area (Å²) in [5, 5.41) is 12.2. The molecule has 2 heterocycles. The molecule has 0 saturated heterocycles. The highest BCUT2D eigenvalue weighted by Gasteiger charge is 2.18. The van der Waals surface area contributed by atoms with Crippen molar-refractivity contribution in [2.45, 2.75) is 0 Å². The van der Waals surface area contributed by atoms with Crippen molar-refractivity contribution < 1.29 is 0 Å². The first kappa shape index (κ1) is 29.5. The highest BCUT2D eigenvalue weighted by Crippen LogP contribution is 2.38. The second kappa shape index (κ2) is 11.7. The zero-order chi connectivity index (χ0) is 34.9. The van der Waals surface area contributed by atoms with E-state index in [9.17, 15) is 0 Å². The van der Waals surface area contributed by atoms with Gasteiger partial charge in [-0.25, -0.2) is 15.0 Å². The first-order valence-electron chi connectivity index (χ1n) is 17.9. The molecule has 0 amide bonds. The van der Waals surface area contributed by atoms with E-state index in [2.05, 4.69) is 168 Å². The van der Waals surface area contributed by atoms with Gasteiger partial charge < -0.3 is 4.57 Å². The van der Waals surface area contributed by atoms with Gasteiger partial charge in [-0.05, 0) is 62.0 Å². The molecular formula is C49H30N4. The molecule has 2 aromatic heterocycles. The first-order chi connectivity index (χ1) is 26.3. The molecule has 11 aromatic rings. The summed E-state index contributed by atoms with van der Waals surface area (Å²) < 4.78 is 2.38. The molecule has 4 nitrogen and oxygen atoms in total. The normalized spacial score (nSPS) is 11.8. The number of benzene rings is 9. The standard InChI is InChI=1S/C49H30N4/c1-2-13-35(14-3-1)47-50-48(52-49(51-47)37-26-23-33-22-25-34-24-21-31-11-4-6-17-39(31)45(34)43(33)30-37)36-15-10-16-38(29-36)53-44-20-9-8-19-41(44)42-28-27-32-12-5-7-18-40(32)46(42)53/h1-30H. The fourth-order valence-electron chi connectivity index (χ4n) is 8.10. The summed E-state index contributed by atoms with van der Waals surface area (Å²) in [6.45, 7) is 0. The molecule has 0 atom stereocenters. The molecule has 4 heteroatoms. The van der Waals surface area contributed by atoms with Crippen molar-refractivity contribution in [2.75, 3.05) is 0 Å². The summed E-state index contributed by atoms with van der Waals surface area (Å²) in [4.78, 5) is 15.4. The molecule has 53 heavy (non-hydrogen) atoms. The predicted molar refractivity (Wildman–Crippen MR) is 220 cm³/mol. The van der Waals surface area contributed by atoms with E-state index in [0.29, 0.717) is 17.5 Å². The van der Waals surface area contributed by atoms with Crippen molar-refractivity contribution in [3.8, 4) is 39.9 Å². The molecule has 0 aliphatic rings. The lowest BCUT2D eigenvalue weighted by atomic mass is 9.95. The average Bonchev–Trinajstić information content (AvgIpc) is 3.58. The molecule has 0 unspecified atom stereocenters. The van der Waals surface area contributed by atoms with Crippen molar-refractivity contribution >= 4 is 64.9 Å². The Morgan fingerprint density at radius 3 is 1.66 bits per heavy atom. The van der Waals surface area contributed by atoms with Gasteiger partial charge in [-0.15, -0.1) is 0 Å². The largest absolute Gasteiger partial charge is 0.309 e. The lowest BCUT2D eigenvalue weighted by molar-refractivity contribution is 1.07. The van der Waals surface area contributed by atoms with Gasteiger partial charge >= 0.3 is 0 Å². The molecule has 0 aliphatic carbocycles. The van der Waals surface area contributed by atoms with Gasteiger partial charge in [-0.3, -0.25) is 0 Å². The minimum absolute atomic E-state index is 0.629. The quantitative estimate of drug-likeness (QED) is 0.175. The fourth-order valence-corrected chi connectivity index (χ4v) is 8.10. The highest BCUT2D eigenvalue weighted by molar-refractivity contribution is 6.21. The van der Waals surface area contributed by atoms with Crippen LogP contribution in [0.5, 0.6) is 0 Å². The molecule has 0 fully saturated rings. The summed E-state index contributed by atoms with van der Waals surface area (Å²) in [6, 6.07) is 64.5. The number of nitrogens with zero attached hydrogens (tertiary/aromatic N) is 4. The van der Waals surface area contributed by atoms with Crippen LogP contribution in [0.3, 0.4) is 0 Å². The maximum Gasteiger partial charge on any atom is 0.164 e. The highest BCUT2D eigenvalue weighted by atomic mass is 15.0. The Kier molecular flexibility index (Phi) is 6.52. The number of para-hydroxylation sites is 1. The molecule has 0 N–H and O–H groups in total. The van der Waals surface area contributed by atoms with Crippen LogP contribution in [-0.2, 0) is 0 Å². The zero-order valence-electron chi connectivity index (χ0n) is 28.6. The number of hydrogen-bond donors (Lipinski definition) is 0. The Morgan fingerprint density at radius 1 is 0.321 bits per heavy atom. The third-order valence-electron chi connectivity index (χ3n) is 10.6. The van der Waals surface area contributed by atoms with Crippen molar-refractivity contribution in [2.24, 2.45) is 0 Å². The number of aromatic nitrogens is 4. The number of rotatable bonds is 4. The Balaban J connectivity index is 1.14. The second-order valence-electron chi connectivity index (χ2n) is 13.6. The maximum absolute atomic E-state index is 5.21. The molecule has 246 valence electrons. The van der Waals surface area contributed by atoms with Crippen molar-refractivity contribution in [3.05, 3.63) is 182 Å². The van der Waals surface area contributed by atoms with E-state index in [0.717, 1.165) is 27.9 Å². The molecule has 0 radical (unpaired) electrons. The number of fused-ring (bicyclic) bond motifs is 10. The Hall–Kier alpha value is -7.17. The third-order valence-corrected chi connectivity index (χ3v) is 10.6. The monoisotopic (exact) mass is 674 g/mol. The minimum atomic E-state index is 0.629. The molecule has 0 aliphatic heterocycles. The van der Waals surface area contributed by atoms with Crippen LogP contribution in [0.25, 0.3) is 105 Å². The van der Waals surface area contributed by atoms with Gasteiger partial charge in [-0.2, -0.15) is 0 Å². The Morgan fingerprint density at radius 2 is 0.868 bits per heavy atom. The van der Waals surface area contributed by atoms with Crippen LogP contribution in [0.15, 0.2) is 182 Å². The van der Waals surface area contributed by atoms with E-state index in [1.54, 1.807) is 0 Å². The second-order valence-corrected chi connectivity index (χ2v) is 13.6. The SMILES string of the molecule is c1ccc(-c2nc(-c3cccc(-n4c5ccccc5c5ccc6ccccc6c54)c3)nc(-c3ccc4ccc5ccc6ccccc6c5c4c3)n2)cc1. The fraction of sp³-hybridized carbons (Fsp3) is 0. The van der Waals surface area contributed by atoms with Gasteiger partial charge in [0.25, 0.3) is 0 Å². The van der Waals surface area contributed by atoms with Crippen molar-refractivity contribution in [1.82, 2.24) is 19.5 Å². The van der Waals surface area contributed by atoms with E-state index in [1.165, 1.54) is 59.4 Å². The van der Waals surface area contributed by atoms with Gasteiger partial charge in [0.05, 0.1) is 11.0 Å². The van der Waals surface area contributed by atoms with Gasteiger partial charge in [-0.1, -0.05) is 158 Å². The lowest BCUT2D eigenvalue weighted by Crippen LogP contribution is -2.01. The molecule has 0 saturated carbocycles. The van der Waals surface area contributed by atoms with Gasteiger partial charge in [0.2, 0.25) is 0 Å². The van der Waals surface area contributed by atoms with Crippen molar-refractivity contribution in [3.63, 3.8) is 0 Å². The van der Waals surface area contributed by atoms with Crippen LogP contribution >= 0.6 is 0 Å². The van der Waals surface area contributed by atoms with Gasteiger partial charge in [0.15, 0.2) is 17.5 Å². The summed E-state index contributed by atoms with van der Waals surface area (Å²) >= 11 is 0. The molecule has 9 aromatic carbocycles. The predicted octanol–water partition coefficient (Wildman–Crippen LogP) is 12.6. The number of hydrogen-bond acceptors (Lipinski definition) is 3. The topological polar surface area (TPSA) is 43.6 Å². The Labute approximate surface area is 305 Å². The van der Waals surface area contributed by atoms with E-state index < -0.39 is 0 Å². The minimum Gasteiger partial charge on any atom is -0.309 e. The van der Waals surface area contributed by atoms with Crippen LogP contribution in [0.4, 0.5) is 0 Å². The van der Waals surface area contributed by atoms with E-state index in [4.69, 9.17) is 15.0 Å². The summed E-state index contributed by atoms with van der Waals surface area (Å²) in [6.07, 6.45) is 0. The van der Waals surface area contributed by atoms with E-state index in [1.807, 2.05) is 18.2 Å². The lowest BCUT2D eigenvalue weighted by Gasteiger charge is -2.13. The van der Waals surface area contributed by atoms with Crippen LogP contribution in [0.2, 0.25) is 0 Å². The van der Waals surface area contributed by atoms with Crippen LogP contribution in [0, 0.1) is 0 Å². The summed E-state index contributed by atoms with van der Waals surface area (Å²) in [5.41, 5.74) is 6.22. The van der Waals surface area contributed by atoms with Gasteiger partial charge in [0.1, 0.15) is 0 Å². The van der Waals surface area contributed by atoms with E-state index >= 15 is 0 Å². The first-order valence-corrected chi connectivity index (χ1v) is 17.9. The van der Waals surface area contributed by atoms with E-state index in [-0.39, 0.29) is 0 Å². The maximum atomic E-state index is 5.21. The molecule has 0 spiro atoms. The molecule has 11 rings (SSSR count). The van der Waals surface area contributed by atoms with Crippen LogP contribution < -0.4 is 0 Å². The van der Waals surface area contributed by atoms with Crippen molar-refractivity contribution in [1.29, 1.82) is 0 Å². The molecular weight excluding hydrogens is 645 g/mol. The zero-order valence-corrected chi connectivity index (χ0v) is 28.6. The Bertz CT molecular complexity index is 3230. The van der Waals surface area contributed by atoms with Crippen LogP contribution in [-0.4, -0.2) is 19.5 Å². The van der Waals surface area contributed by atoms with Gasteiger partial charge in [0, 0.05) is 38.5 Å². The molecule has 0 bridgehead atoms. The smallest absolute Gasteiger partial charge is 0.164 e. The van der Waals surface area contributed by atoms with Crippen LogP contribution in [0.1, 0.15) is 0 Å². The third kappa shape index (κ3) is 4.73. The summed E-state index contributed by atoms with van der Waals surface area (Å²) in [7, 11) is 0. The summed E-state index contributed by atoms with van der Waals surface area (Å²) in [5.74, 6) is 1.91.